The molecule has 0 amide bonds. The second-order valence-corrected chi connectivity index (χ2v) is 8.26. The van der Waals surface area contributed by atoms with Gasteiger partial charge in [-0.3, -0.25) is 0 Å². The van der Waals surface area contributed by atoms with E-state index in [0.717, 1.165) is 32.7 Å². The fourth-order valence-corrected chi connectivity index (χ4v) is 4.56. The Morgan fingerprint density at radius 1 is 0.893 bits per heavy atom. The second kappa shape index (κ2) is 7.61. The minimum Gasteiger partial charge on any atom is -0.486 e. The number of hydrogen-bond donors (Lipinski definition) is 0. The molecule has 28 heavy (non-hydrogen) atoms. The lowest BCUT2D eigenvalue weighted by atomic mass is 10.1. The van der Waals surface area contributed by atoms with Gasteiger partial charge in [0.15, 0.2) is 10.8 Å². The van der Waals surface area contributed by atoms with Gasteiger partial charge in [-0.1, -0.05) is 65.9 Å². The third-order valence-corrected chi connectivity index (χ3v) is 6.19. The van der Waals surface area contributed by atoms with Gasteiger partial charge in [-0.15, -0.1) is 22.0 Å². The minimum atomic E-state index is 0.410. The molecule has 3 aromatic carbocycles. The number of aromatic nitrogens is 4. The Morgan fingerprint density at radius 2 is 1.71 bits per heavy atom. The fourth-order valence-electron chi connectivity index (χ4n) is 2.97. The van der Waals surface area contributed by atoms with Crippen molar-refractivity contribution >= 4 is 38.8 Å². The highest BCUT2D eigenvalue weighted by molar-refractivity contribution is 7.98. The molecule has 5 rings (SSSR count). The largest absolute Gasteiger partial charge is 0.486 e. The standard InChI is InChI=1S/C21H16N4OS2/c1-2-9-16(10-3-1)27-14-19-22-23-21-25(19)24-20(28-21)13-26-18-12-6-8-15-7-4-5-11-17(15)18/h1-12H,13-14H2. The molecule has 138 valence electrons. The normalized spacial score (nSPS) is 11.3. The summed E-state index contributed by atoms with van der Waals surface area (Å²) in [5.41, 5.74) is 0. The van der Waals surface area contributed by atoms with Crippen molar-refractivity contribution in [1.29, 1.82) is 0 Å². The Hall–Kier alpha value is -2.90. The quantitative estimate of drug-likeness (QED) is 0.364. The SMILES string of the molecule is c1ccc(SCc2nnc3sc(COc4cccc5ccccc45)nn23)cc1. The van der Waals surface area contributed by atoms with Crippen molar-refractivity contribution < 1.29 is 4.74 Å². The maximum absolute atomic E-state index is 6.05. The summed E-state index contributed by atoms with van der Waals surface area (Å²) in [6, 6.07) is 24.6. The summed E-state index contributed by atoms with van der Waals surface area (Å²) in [4.78, 5) is 1.99. The van der Waals surface area contributed by atoms with E-state index in [1.54, 1.807) is 11.8 Å². The molecule has 0 aliphatic heterocycles. The summed E-state index contributed by atoms with van der Waals surface area (Å²) in [7, 11) is 0. The zero-order valence-corrected chi connectivity index (χ0v) is 16.5. The minimum absolute atomic E-state index is 0.410. The zero-order chi connectivity index (χ0) is 18.8. The topological polar surface area (TPSA) is 52.3 Å². The van der Waals surface area contributed by atoms with Crippen LogP contribution in [0.1, 0.15) is 10.8 Å². The predicted octanol–water partition coefficient (Wildman–Crippen LogP) is 5.21. The lowest BCUT2D eigenvalue weighted by Crippen LogP contribution is -1.99. The molecule has 0 aliphatic carbocycles. The molecule has 0 radical (unpaired) electrons. The van der Waals surface area contributed by atoms with Gasteiger partial charge in [0.05, 0.1) is 5.75 Å². The maximum atomic E-state index is 6.05. The number of hydrogen-bond acceptors (Lipinski definition) is 6. The molecule has 0 saturated carbocycles. The van der Waals surface area contributed by atoms with Crippen LogP contribution in [0.25, 0.3) is 15.7 Å². The number of rotatable bonds is 6. The van der Waals surface area contributed by atoms with E-state index >= 15 is 0 Å². The van der Waals surface area contributed by atoms with Gasteiger partial charge in [0.25, 0.3) is 0 Å². The molecule has 0 unspecified atom stereocenters. The summed E-state index contributed by atoms with van der Waals surface area (Å²) in [5.74, 6) is 2.43. The first-order chi connectivity index (χ1) is 13.9. The average Bonchev–Trinajstić information content (AvgIpc) is 3.32. The molecule has 0 N–H and O–H groups in total. The monoisotopic (exact) mass is 404 g/mol. The number of nitrogens with zero attached hydrogens (tertiary/aromatic N) is 4. The van der Waals surface area contributed by atoms with Gasteiger partial charge in [-0.2, -0.15) is 9.61 Å². The number of ether oxygens (including phenoxy) is 1. The van der Waals surface area contributed by atoms with Crippen molar-refractivity contribution in [3.8, 4) is 5.75 Å². The van der Waals surface area contributed by atoms with Crippen molar-refractivity contribution in [1.82, 2.24) is 19.8 Å². The summed E-state index contributed by atoms with van der Waals surface area (Å²) in [6.45, 7) is 0.410. The van der Waals surface area contributed by atoms with Crippen LogP contribution in [-0.2, 0) is 12.4 Å². The lowest BCUT2D eigenvalue weighted by molar-refractivity contribution is 0.308. The molecule has 0 saturated heterocycles. The van der Waals surface area contributed by atoms with E-state index in [-0.39, 0.29) is 0 Å². The highest BCUT2D eigenvalue weighted by Gasteiger charge is 2.13. The molecule has 0 fully saturated rings. The first-order valence-corrected chi connectivity index (χ1v) is 10.7. The van der Waals surface area contributed by atoms with Crippen molar-refractivity contribution in [3.05, 3.63) is 83.6 Å². The molecular weight excluding hydrogens is 388 g/mol. The van der Waals surface area contributed by atoms with Crippen LogP contribution in [0.5, 0.6) is 5.75 Å². The molecule has 7 heteroatoms. The molecule has 0 aliphatic rings. The van der Waals surface area contributed by atoms with Crippen LogP contribution in [0, 0.1) is 0 Å². The predicted molar refractivity (Wildman–Crippen MR) is 113 cm³/mol. The van der Waals surface area contributed by atoms with Crippen LogP contribution in [-0.4, -0.2) is 19.8 Å². The van der Waals surface area contributed by atoms with E-state index < -0.39 is 0 Å². The van der Waals surface area contributed by atoms with Crippen LogP contribution in [0.15, 0.2) is 77.7 Å². The van der Waals surface area contributed by atoms with Crippen LogP contribution in [0.2, 0.25) is 0 Å². The molecule has 0 atom stereocenters. The van der Waals surface area contributed by atoms with E-state index in [0.29, 0.717) is 6.61 Å². The van der Waals surface area contributed by atoms with Gasteiger partial charge in [-0.05, 0) is 23.6 Å². The second-order valence-electron chi connectivity index (χ2n) is 6.17. The van der Waals surface area contributed by atoms with Gasteiger partial charge in [0.2, 0.25) is 4.96 Å². The Balaban J connectivity index is 1.32. The van der Waals surface area contributed by atoms with Gasteiger partial charge in [0, 0.05) is 10.3 Å². The summed E-state index contributed by atoms with van der Waals surface area (Å²) < 4.78 is 7.88. The van der Waals surface area contributed by atoms with E-state index in [4.69, 9.17) is 4.74 Å². The number of fused-ring (bicyclic) bond motifs is 2. The zero-order valence-electron chi connectivity index (χ0n) is 14.9. The van der Waals surface area contributed by atoms with Gasteiger partial charge < -0.3 is 4.74 Å². The molecule has 5 aromatic rings. The van der Waals surface area contributed by atoms with Crippen LogP contribution in [0.3, 0.4) is 0 Å². The number of benzene rings is 3. The van der Waals surface area contributed by atoms with Crippen LogP contribution in [0.4, 0.5) is 0 Å². The Kier molecular flexibility index (Phi) is 4.68. The van der Waals surface area contributed by atoms with Gasteiger partial charge in [0.1, 0.15) is 12.4 Å². The van der Waals surface area contributed by atoms with Crippen molar-refractivity contribution in [3.63, 3.8) is 0 Å². The molecule has 0 bridgehead atoms. The number of thioether (sulfide) groups is 1. The van der Waals surface area contributed by atoms with E-state index in [9.17, 15) is 0 Å². The van der Waals surface area contributed by atoms with Crippen molar-refractivity contribution in [2.75, 3.05) is 0 Å². The van der Waals surface area contributed by atoms with E-state index in [2.05, 4.69) is 45.6 Å². The Labute approximate surface area is 170 Å². The maximum Gasteiger partial charge on any atom is 0.234 e. The third kappa shape index (κ3) is 3.46. The Morgan fingerprint density at radius 3 is 2.64 bits per heavy atom. The molecule has 2 aromatic heterocycles. The third-order valence-electron chi connectivity index (χ3n) is 4.31. The smallest absolute Gasteiger partial charge is 0.234 e. The van der Waals surface area contributed by atoms with Crippen molar-refractivity contribution in [2.45, 2.75) is 17.3 Å². The highest BCUT2D eigenvalue weighted by Crippen LogP contribution is 2.27. The van der Waals surface area contributed by atoms with E-state index in [1.165, 1.54) is 21.6 Å². The van der Waals surface area contributed by atoms with Gasteiger partial charge in [-0.25, -0.2) is 0 Å². The van der Waals surface area contributed by atoms with Gasteiger partial charge >= 0.3 is 0 Å². The summed E-state index contributed by atoms with van der Waals surface area (Å²) in [6.07, 6.45) is 0. The first-order valence-electron chi connectivity index (χ1n) is 8.85. The molecule has 5 nitrogen and oxygen atoms in total. The van der Waals surface area contributed by atoms with Crippen LogP contribution < -0.4 is 4.74 Å². The highest BCUT2D eigenvalue weighted by atomic mass is 32.2. The molecule has 0 spiro atoms. The van der Waals surface area contributed by atoms with Crippen molar-refractivity contribution in [2.24, 2.45) is 0 Å². The molecular formula is C21H16N4OS2. The average molecular weight is 405 g/mol. The summed E-state index contributed by atoms with van der Waals surface area (Å²) in [5, 5.41) is 16.3. The molecule has 2 heterocycles. The Bertz CT molecular complexity index is 1230. The summed E-state index contributed by atoms with van der Waals surface area (Å²) >= 11 is 3.23. The fraction of sp³-hybridized carbons (Fsp3) is 0.0952. The van der Waals surface area contributed by atoms with E-state index in [1.807, 2.05) is 47.0 Å². The lowest BCUT2D eigenvalue weighted by Gasteiger charge is -2.07. The first kappa shape index (κ1) is 17.2. The van der Waals surface area contributed by atoms with Crippen LogP contribution >= 0.6 is 23.1 Å².